The molecule has 1 rings (SSSR count). The average molecular weight is 148 g/mol. The van der Waals surface area contributed by atoms with Gasteiger partial charge in [-0.05, 0) is 0 Å². The first-order chi connectivity index (χ1) is 4.61. The molecule has 0 amide bonds. The van der Waals surface area contributed by atoms with Crippen molar-refractivity contribution in [2.75, 3.05) is 0 Å². The Hall–Kier alpha value is -0.160. The van der Waals surface area contributed by atoms with Gasteiger partial charge in [-0.2, -0.15) is 0 Å². The van der Waals surface area contributed by atoms with E-state index >= 15 is 0 Å². The molecule has 1 aliphatic rings. The molecule has 0 spiro atoms. The number of hydrogen-bond donors (Lipinski definition) is 4. The van der Waals surface area contributed by atoms with Gasteiger partial charge in [-0.3, -0.25) is 0 Å². The molecule has 1 fully saturated rings. The van der Waals surface area contributed by atoms with E-state index in [0.717, 1.165) is 0 Å². The second kappa shape index (κ2) is 2.84. The van der Waals surface area contributed by atoms with E-state index in [1.165, 1.54) is 0 Å². The lowest BCUT2D eigenvalue weighted by Gasteiger charge is -2.31. The lowest BCUT2D eigenvalue weighted by atomic mass is 9.90. The topological polar surface area (TPSA) is 80.9 Å². The minimum absolute atomic E-state index is 0.151. The Morgan fingerprint density at radius 1 is 0.800 bits per heavy atom. The fourth-order valence-corrected chi connectivity index (χ4v) is 1.19. The number of aliphatic hydroxyl groups excluding tert-OH is 4. The van der Waals surface area contributed by atoms with Crippen LogP contribution in [0.1, 0.15) is 12.8 Å². The molecule has 10 heavy (non-hydrogen) atoms. The summed E-state index contributed by atoms with van der Waals surface area (Å²) < 4.78 is 0. The molecule has 4 N–H and O–H groups in total. The van der Waals surface area contributed by atoms with Crippen molar-refractivity contribution in [1.82, 2.24) is 0 Å². The van der Waals surface area contributed by atoms with Crippen molar-refractivity contribution < 1.29 is 20.4 Å². The van der Waals surface area contributed by atoms with Crippen LogP contribution in [0.3, 0.4) is 0 Å². The van der Waals surface area contributed by atoms with E-state index in [-0.39, 0.29) is 12.8 Å². The van der Waals surface area contributed by atoms with Crippen LogP contribution in [0.4, 0.5) is 0 Å². The van der Waals surface area contributed by atoms with Crippen LogP contribution in [0.15, 0.2) is 0 Å². The number of rotatable bonds is 0. The monoisotopic (exact) mass is 148 g/mol. The number of hydrogen-bond acceptors (Lipinski definition) is 4. The van der Waals surface area contributed by atoms with Gasteiger partial charge in [-0.25, -0.2) is 0 Å². The predicted octanol–water partition coefficient (Wildman–Crippen LogP) is -1.78. The molecule has 0 saturated heterocycles. The van der Waals surface area contributed by atoms with Crippen LogP contribution in [0.5, 0.6) is 0 Å². The van der Waals surface area contributed by atoms with E-state index < -0.39 is 24.4 Å². The highest BCUT2D eigenvalue weighted by Crippen LogP contribution is 2.19. The average Bonchev–Trinajstić information content (AvgIpc) is 1.82. The van der Waals surface area contributed by atoms with Crippen LogP contribution in [0.25, 0.3) is 0 Å². The van der Waals surface area contributed by atoms with Crippen molar-refractivity contribution in [2.24, 2.45) is 0 Å². The third-order valence-electron chi connectivity index (χ3n) is 1.82. The van der Waals surface area contributed by atoms with Gasteiger partial charge in [0.1, 0.15) is 6.10 Å². The van der Waals surface area contributed by atoms with Crippen LogP contribution >= 0.6 is 0 Å². The molecule has 0 heterocycles. The van der Waals surface area contributed by atoms with E-state index in [1.54, 1.807) is 0 Å². The zero-order chi connectivity index (χ0) is 7.72. The van der Waals surface area contributed by atoms with Gasteiger partial charge in [0.25, 0.3) is 0 Å². The Labute approximate surface area is 58.7 Å². The van der Waals surface area contributed by atoms with E-state index in [4.69, 9.17) is 20.4 Å². The molecule has 4 heteroatoms. The maximum absolute atomic E-state index is 8.95. The van der Waals surface area contributed by atoms with E-state index in [1.807, 2.05) is 0 Å². The van der Waals surface area contributed by atoms with Gasteiger partial charge < -0.3 is 20.4 Å². The third kappa shape index (κ3) is 1.46. The molecule has 1 aliphatic carbocycles. The smallest absolute Gasteiger partial charge is 0.106 e. The fraction of sp³-hybridized carbons (Fsp3) is 1.00. The highest BCUT2D eigenvalue weighted by atomic mass is 16.4. The molecule has 0 aromatic carbocycles. The highest BCUT2D eigenvalue weighted by molar-refractivity contribution is 4.85. The fourth-order valence-electron chi connectivity index (χ4n) is 1.19. The lowest BCUT2D eigenvalue weighted by Crippen LogP contribution is -2.46. The lowest BCUT2D eigenvalue weighted by molar-refractivity contribution is -0.116. The molecule has 0 aromatic heterocycles. The highest BCUT2D eigenvalue weighted by Gasteiger charge is 2.33. The van der Waals surface area contributed by atoms with Gasteiger partial charge >= 0.3 is 0 Å². The Balaban J connectivity index is 2.49. The summed E-state index contributed by atoms with van der Waals surface area (Å²) in [4.78, 5) is 0. The summed E-state index contributed by atoms with van der Waals surface area (Å²) in [7, 11) is 0. The van der Waals surface area contributed by atoms with Gasteiger partial charge in [-0.1, -0.05) is 0 Å². The Morgan fingerprint density at radius 3 is 1.60 bits per heavy atom. The summed E-state index contributed by atoms with van der Waals surface area (Å²) in [6.45, 7) is 0. The van der Waals surface area contributed by atoms with Crippen LogP contribution < -0.4 is 0 Å². The zero-order valence-electron chi connectivity index (χ0n) is 5.51. The largest absolute Gasteiger partial charge is 0.393 e. The van der Waals surface area contributed by atoms with Crippen molar-refractivity contribution in [1.29, 1.82) is 0 Å². The first-order valence-corrected chi connectivity index (χ1v) is 3.33. The van der Waals surface area contributed by atoms with Crippen molar-refractivity contribution in [3.05, 3.63) is 0 Å². The van der Waals surface area contributed by atoms with Crippen LogP contribution in [-0.2, 0) is 0 Å². The maximum atomic E-state index is 8.95. The molecule has 0 radical (unpaired) electrons. The summed E-state index contributed by atoms with van der Waals surface area (Å²) in [6.07, 6.45) is -3.45. The second-order valence-electron chi connectivity index (χ2n) is 2.75. The molecule has 60 valence electrons. The van der Waals surface area contributed by atoms with Gasteiger partial charge in [0, 0.05) is 12.8 Å². The summed E-state index contributed by atoms with van der Waals surface area (Å²) in [5, 5.41) is 35.8. The first-order valence-electron chi connectivity index (χ1n) is 3.33. The molecule has 0 aromatic rings. The van der Waals surface area contributed by atoms with Gasteiger partial charge in [0.05, 0.1) is 18.3 Å². The van der Waals surface area contributed by atoms with Crippen molar-refractivity contribution >= 4 is 0 Å². The minimum atomic E-state index is -1.09. The normalized spacial score (nSPS) is 49.2. The molecular formula is C6H12O4. The van der Waals surface area contributed by atoms with Gasteiger partial charge in [0.2, 0.25) is 0 Å². The quantitative estimate of drug-likeness (QED) is 0.327. The molecular weight excluding hydrogens is 136 g/mol. The zero-order valence-corrected chi connectivity index (χ0v) is 5.51. The summed E-state index contributed by atoms with van der Waals surface area (Å²) in [5.41, 5.74) is 0. The third-order valence-corrected chi connectivity index (χ3v) is 1.82. The molecule has 0 bridgehead atoms. The molecule has 1 saturated carbocycles. The van der Waals surface area contributed by atoms with Crippen LogP contribution in [0, 0.1) is 0 Å². The molecule has 4 atom stereocenters. The van der Waals surface area contributed by atoms with Gasteiger partial charge in [0.15, 0.2) is 0 Å². The Kier molecular flexibility index (Phi) is 2.25. The first kappa shape index (κ1) is 7.94. The van der Waals surface area contributed by atoms with Crippen LogP contribution in [0.2, 0.25) is 0 Å². The van der Waals surface area contributed by atoms with Gasteiger partial charge in [-0.15, -0.1) is 0 Å². The second-order valence-corrected chi connectivity index (χ2v) is 2.75. The SMILES string of the molecule is O[C@H]1C[C@@H](O)[C@@H](O)[C@@H](O)C1. The standard InChI is InChI=1S/C6H12O4/c7-3-1-4(8)6(10)5(9)2-3/h3-10H,1-2H2/t3-,4+,5-,6+. The summed E-state index contributed by atoms with van der Waals surface area (Å²) in [5.74, 6) is 0. The van der Waals surface area contributed by atoms with Crippen molar-refractivity contribution in [3.8, 4) is 0 Å². The Bertz CT molecular complexity index is 104. The van der Waals surface area contributed by atoms with E-state index in [9.17, 15) is 0 Å². The van der Waals surface area contributed by atoms with Crippen molar-refractivity contribution in [3.63, 3.8) is 0 Å². The number of aliphatic hydroxyl groups is 4. The van der Waals surface area contributed by atoms with Crippen LogP contribution in [-0.4, -0.2) is 44.8 Å². The molecule has 4 nitrogen and oxygen atoms in total. The summed E-state index contributed by atoms with van der Waals surface area (Å²) >= 11 is 0. The molecule has 0 aliphatic heterocycles. The molecule has 0 unspecified atom stereocenters. The predicted molar refractivity (Wildman–Crippen MR) is 33.3 cm³/mol. The Morgan fingerprint density at radius 2 is 1.20 bits per heavy atom. The van der Waals surface area contributed by atoms with E-state index in [2.05, 4.69) is 0 Å². The van der Waals surface area contributed by atoms with E-state index in [0.29, 0.717) is 0 Å². The van der Waals surface area contributed by atoms with Crippen molar-refractivity contribution in [2.45, 2.75) is 37.3 Å². The summed E-state index contributed by atoms with van der Waals surface area (Å²) in [6, 6.07) is 0. The minimum Gasteiger partial charge on any atom is -0.393 e. The maximum Gasteiger partial charge on any atom is 0.106 e.